The number of carboxylic acids is 1. The largest absolute Gasteiger partial charge is 0.481 e. The Morgan fingerprint density at radius 3 is 2.28 bits per heavy atom. The molecular formula is C19H27ClO5. The number of carboxylic acid groups (broad SMARTS) is 1. The fraction of sp³-hybridized carbons (Fsp3) is 0.579. The molecule has 1 aromatic rings. The Bertz CT molecular complexity index is 548. The summed E-state index contributed by atoms with van der Waals surface area (Å²) in [6.45, 7) is 6.84. The van der Waals surface area contributed by atoms with Crippen LogP contribution in [0.4, 0.5) is 0 Å². The second kappa shape index (κ2) is 10.4. The summed E-state index contributed by atoms with van der Waals surface area (Å²) >= 11 is 5.81. The molecule has 0 saturated carbocycles. The summed E-state index contributed by atoms with van der Waals surface area (Å²) in [6, 6.07) is 6.93. The topological polar surface area (TPSA) is 72.8 Å². The zero-order valence-corrected chi connectivity index (χ0v) is 15.8. The lowest BCUT2D eigenvalue weighted by Crippen LogP contribution is -2.22. The van der Waals surface area contributed by atoms with E-state index in [9.17, 15) is 14.7 Å². The summed E-state index contributed by atoms with van der Waals surface area (Å²) in [4.78, 5) is 23.2. The van der Waals surface area contributed by atoms with Gasteiger partial charge in [0.2, 0.25) is 0 Å². The molecule has 0 aliphatic rings. The Hall–Kier alpha value is -1.59. The zero-order valence-electron chi connectivity index (χ0n) is 15.1. The Kier molecular flexibility index (Phi) is 8.93. The standard InChI is InChI=1S/C19H27ClO5/c1-19(2,3)25-11-5-4-10-24-17(21)13-15(18(22)23)12-14-6-8-16(20)9-7-14/h6-9,15H,4-5,10-13H2,1-3H3,(H,22,23). The van der Waals surface area contributed by atoms with Crippen LogP contribution in [0.5, 0.6) is 0 Å². The second-order valence-electron chi connectivity index (χ2n) is 6.96. The van der Waals surface area contributed by atoms with Crippen molar-refractivity contribution in [3.05, 3.63) is 34.9 Å². The summed E-state index contributed by atoms with van der Waals surface area (Å²) in [5.74, 6) is -2.30. The van der Waals surface area contributed by atoms with E-state index < -0.39 is 17.9 Å². The van der Waals surface area contributed by atoms with E-state index >= 15 is 0 Å². The zero-order chi connectivity index (χ0) is 18.9. The van der Waals surface area contributed by atoms with Crippen molar-refractivity contribution in [2.75, 3.05) is 13.2 Å². The van der Waals surface area contributed by atoms with Crippen LogP contribution < -0.4 is 0 Å². The first kappa shape index (κ1) is 21.5. The average molecular weight is 371 g/mol. The van der Waals surface area contributed by atoms with Gasteiger partial charge in [0, 0.05) is 11.6 Å². The summed E-state index contributed by atoms with van der Waals surface area (Å²) in [6.07, 6.45) is 1.60. The molecule has 5 nitrogen and oxygen atoms in total. The van der Waals surface area contributed by atoms with E-state index in [-0.39, 0.29) is 25.0 Å². The van der Waals surface area contributed by atoms with Crippen LogP contribution >= 0.6 is 11.6 Å². The molecule has 1 rings (SSSR count). The van der Waals surface area contributed by atoms with Gasteiger partial charge in [-0.25, -0.2) is 0 Å². The average Bonchev–Trinajstić information content (AvgIpc) is 2.51. The van der Waals surface area contributed by atoms with Crippen molar-refractivity contribution in [2.24, 2.45) is 5.92 Å². The lowest BCUT2D eigenvalue weighted by molar-refractivity contribution is -0.151. The minimum atomic E-state index is -1.01. The highest BCUT2D eigenvalue weighted by Gasteiger charge is 2.22. The fourth-order valence-electron chi connectivity index (χ4n) is 2.18. The molecule has 0 spiro atoms. The summed E-state index contributed by atoms with van der Waals surface area (Å²) in [5, 5.41) is 9.89. The molecule has 1 atom stereocenters. The van der Waals surface area contributed by atoms with Crippen molar-refractivity contribution in [1.29, 1.82) is 0 Å². The molecule has 0 amide bonds. The monoisotopic (exact) mass is 370 g/mol. The van der Waals surface area contributed by atoms with Crippen LogP contribution in [0.1, 0.15) is 45.6 Å². The lowest BCUT2D eigenvalue weighted by Gasteiger charge is -2.19. The van der Waals surface area contributed by atoms with Gasteiger partial charge in [-0.15, -0.1) is 0 Å². The first-order valence-electron chi connectivity index (χ1n) is 8.44. The maximum atomic E-state index is 11.9. The summed E-state index contributed by atoms with van der Waals surface area (Å²) < 4.78 is 10.7. The van der Waals surface area contributed by atoms with Gasteiger partial charge in [0.25, 0.3) is 0 Å². The van der Waals surface area contributed by atoms with E-state index in [1.165, 1.54) is 0 Å². The van der Waals surface area contributed by atoms with Gasteiger partial charge in [-0.1, -0.05) is 23.7 Å². The predicted octanol–water partition coefficient (Wildman–Crippen LogP) is 4.11. The number of halogens is 1. The quantitative estimate of drug-likeness (QED) is 0.495. The predicted molar refractivity (Wildman–Crippen MR) is 96.8 cm³/mol. The van der Waals surface area contributed by atoms with Crippen molar-refractivity contribution in [3.63, 3.8) is 0 Å². The van der Waals surface area contributed by atoms with Crippen molar-refractivity contribution in [2.45, 2.75) is 52.1 Å². The molecule has 0 aromatic heterocycles. The van der Waals surface area contributed by atoms with Crippen LogP contribution in [0.3, 0.4) is 0 Å². The second-order valence-corrected chi connectivity index (χ2v) is 7.39. The number of hydrogen-bond acceptors (Lipinski definition) is 4. The molecule has 0 fully saturated rings. The summed E-state index contributed by atoms with van der Waals surface area (Å²) in [7, 11) is 0. The van der Waals surface area contributed by atoms with Crippen LogP contribution in [-0.4, -0.2) is 35.9 Å². The third-order valence-electron chi connectivity index (χ3n) is 3.49. The van der Waals surface area contributed by atoms with Crippen molar-refractivity contribution >= 4 is 23.5 Å². The number of ether oxygens (including phenoxy) is 2. The third kappa shape index (κ3) is 10.1. The van der Waals surface area contributed by atoms with Crippen LogP contribution in [0, 0.1) is 5.92 Å². The fourth-order valence-corrected chi connectivity index (χ4v) is 2.31. The number of carbonyl (C=O) groups is 2. The minimum absolute atomic E-state index is 0.142. The number of rotatable bonds is 10. The molecular weight excluding hydrogens is 344 g/mol. The number of hydrogen-bond donors (Lipinski definition) is 1. The van der Waals surface area contributed by atoms with E-state index in [1.54, 1.807) is 24.3 Å². The number of esters is 1. The van der Waals surface area contributed by atoms with Crippen LogP contribution in [0.25, 0.3) is 0 Å². The van der Waals surface area contributed by atoms with E-state index in [4.69, 9.17) is 21.1 Å². The van der Waals surface area contributed by atoms with Gasteiger partial charge in [-0.05, 0) is 57.7 Å². The molecule has 0 aliphatic carbocycles. The van der Waals surface area contributed by atoms with Crippen LogP contribution in [0.2, 0.25) is 5.02 Å². The van der Waals surface area contributed by atoms with Gasteiger partial charge < -0.3 is 14.6 Å². The maximum absolute atomic E-state index is 11.9. The van der Waals surface area contributed by atoms with E-state index in [2.05, 4.69) is 0 Å². The molecule has 1 unspecified atom stereocenters. The van der Waals surface area contributed by atoms with Gasteiger partial charge in [0.1, 0.15) is 0 Å². The Labute approximate surface area is 154 Å². The highest BCUT2D eigenvalue weighted by molar-refractivity contribution is 6.30. The van der Waals surface area contributed by atoms with Crippen molar-refractivity contribution < 1.29 is 24.2 Å². The molecule has 0 heterocycles. The molecule has 0 saturated heterocycles. The highest BCUT2D eigenvalue weighted by atomic mass is 35.5. The maximum Gasteiger partial charge on any atom is 0.307 e. The SMILES string of the molecule is CC(C)(C)OCCCCOC(=O)CC(Cc1ccc(Cl)cc1)C(=O)O. The normalized spacial score (nSPS) is 12.6. The Balaban J connectivity index is 2.31. The highest BCUT2D eigenvalue weighted by Crippen LogP contribution is 2.16. The lowest BCUT2D eigenvalue weighted by atomic mass is 9.96. The van der Waals surface area contributed by atoms with Gasteiger partial charge in [0.15, 0.2) is 0 Å². The third-order valence-corrected chi connectivity index (χ3v) is 3.75. The van der Waals surface area contributed by atoms with Gasteiger partial charge >= 0.3 is 11.9 Å². The molecule has 6 heteroatoms. The van der Waals surface area contributed by atoms with Gasteiger partial charge in [-0.3, -0.25) is 9.59 Å². The number of aliphatic carboxylic acids is 1. The van der Waals surface area contributed by atoms with E-state index in [0.29, 0.717) is 18.1 Å². The molecule has 1 N–H and O–H groups in total. The minimum Gasteiger partial charge on any atom is -0.481 e. The molecule has 0 aliphatic heterocycles. The number of benzene rings is 1. The molecule has 25 heavy (non-hydrogen) atoms. The van der Waals surface area contributed by atoms with Crippen molar-refractivity contribution in [1.82, 2.24) is 0 Å². The van der Waals surface area contributed by atoms with Crippen molar-refractivity contribution in [3.8, 4) is 0 Å². The number of carbonyl (C=O) groups excluding carboxylic acids is 1. The van der Waals surface area contributed by atoms with Crippen LogP contribution in [-0.2, 0) is 25.5 Å². The molecule has 0 radical (unpaired) electrons. The molecule has 1 aromatic carbocycles. The smallest absolute Gasteiger partial charge is 0.307 e. The first-order chi connectivity index (χ1) is 11.7. The van der Waals surface area contributed by atoms with Gasteiger partial charge in [0.05, 0.1) is 24.5 Å². The Morgan fingerprint density at radius 1 is 1.12 bits per heavy atom. The van der Waals surface area contributed by atoms with Gasteiger partial charge in [-0.2, -0.15) is 0 Å². The van der Waals surface area contributed by atoms with E-state index in [0.717, 1.165) is 12.0 Å². The number of unbranched alkanes of at least 4 members (excludes halogenated alkanes) is 1. The Morgan fingerprint density at radius 2 is 1.72 bits per heavy atom. The molecule has 0 bridgehead atoms. The van der Waals surface area contributed by atoms with E-state index in [1.807, 2.05) is 20.8 Å². The molecule has 140 valence electrons. The van der Waals surface area contributed by atoms with Crippen LogP contribution in [0.15, 0.2) is 24.3 Å². The first-order valence-corrected chi connectivity index (χ1v) is 8.82. The summed E-state index contributed by atoms with van der Waals surface area (Å²) in [5.41, 5.74) is 0.650.